The van der Waals surface area contributed by atoms with Crippen LogP contribution in [0.1, 0.15) is 95.2 Å². The minimum Gasteiger partial charge on any atom is -0.490 e. The zero-order chi connectivity index (χ0) is 24.3. The lowest BCUT2D eigenvalue weighted by atomic mass is 9.95. The van der Waals surface area contributed by atoms with Crippen LogP contribution in [0.5, 0.6) is 5.75 Å². The highest BCUT2D eigenvalue weighted by Crippen LogP contribution is 2.28. The molecule has 0 aliphatic heterocycles. The van der Waals surface area contributed by atoms with Gasteiger partial charge in [-0.1, -0.05) is 47.0 Å². The van der Waals surface area contributed by atoms with Gasteiger partial charge in [0.2, 0.25) is 0 Å². The predicted molar refractivity (Wildman–Crippen MR) is 127 cm³/mol. The summed E-state index contributed by atoms with van der Waals surface area (Å²) in [5.41, 5.74) is -0.327. The fourth-order valence-corrected chi connectivity index (χ4v) is 4.53. The summed E-state index contributed by atoms with van der Waals surface area (Å²) >= 11 is 0. The van der Waals surface area contributed by atoms with E-state index in [1.54, 1.807) is 7.05 Å². The lowest BCUT2D eigenvalue weighted by molar-refractivity contribution is 0.0919. The van der Waals surface area contributed by atoms with Gasteiger partial charge in [0.05, 0.1) is 11.7 Å². The number of amides is 1. The molecule has 1 N–H and O–H groups in total. The van der Waals surface area contributed by atoms with Crippen molar-refractivity contribution in [3.8, 4) is 11.4 Å². The first kappa shape index (κ1) is 25.0. The standard InChI is InChI=1S/C25H37FN4O3/c1-15(2)12-17(5)33-22-14-21(30-25(32)29(6)23(28-30)16(3)4)20(26)13-19(22)24(31)27-18-10-8-7-9-11-18/h13-18H,7-12H2,1-6H3,(H,27,31)/t17-/m0/s1. The van der Waals surface area contributed by atoms with Crippen LogP contribution in [-0.4, -0.2) is 32.4 Å². The Morgan fingerprint density at radius 1 is 1.18 bits per heavy atom. The molecule has 8 heteroatoms. The third-order valence-electron chi connectivity index (χ3n) is 6.12. The highest BCUT2D eigenvalue weighted by atomic mass is 19.1. The second-order valence-electron chi connectivity index (χ2n) is 9.93. The summed E-state index contributed by atoms with van der Waals surface area (Å²) in [6, 6.07) is 2.68. The maximum absolute atomic E-state index is 15.3. The average Bonchev–Trinajstić information content (AvgIpc) is 3.04. The molecule has 1 saturated carbocycles. The van der Waals surface area contributed by atoms with E-state index in [-0.39, 0.29) is 41.0 Å². The van der Waals surface area contributed by atoms with Crippen molar-refractivity contribution >= 4 is 5.91 Å². The van der Waals surface area contributed by atoms with Crippen LogP contribution >= 0.6 is 0 Å². The van der Waals surface area contributed by atoms with E-state index < -0.39 is 11.5 Å². The molecule has 3 rings (SSSR count). The molecule has 0 unspecified atom stereocenters. The van der Waals surface area contributed by atoms with E-state index in [0.29, 0.717) is 11.7 Å². The van der Waals surface area contributed by atoms with Crippen molar-refractivity contribution in [2.75, 3.05) is 0 Å². The molecular weight excluding hydrogens is 423 g/mol. The van der Waals surface area contributed by atoms with Crippen molar-refractivity contribution in [1.29, 1.82) is 0 Å². The molecule has 0 saturated heterocycles. The van der Waals surface area contributed by atoms with Crippen LogP contribution in [0, 0.1) is 11.7 Å². The van der Waals surface area contributed by atoms with Crippen molar-refractivity contribution in [3.05, 3.63) is 39.8 Å². The van der Waals surface area contributed by atoms with Gasteiger partial charge in [0.1, 0.15) is 23.1 Å². The Balaban J connectivity index is 2.03. The summed E-state index contributed by atoms with van der Waals surface area (Å²) in [5.74, 6) is 0.157. The number of ether oxygens (including phenoxy) is 1. The van der Waals surface area contributed by atoms with E-state index in [0.717, 1.165) is 36.8 Å². The minimum atomic E-state index is -0.692. The Bertz CT molecular complexity index is 1040. The summed E-state index contributed by atoms with van der Waals surface area (Å²) in [6.45, 7) is 9.95. The van der Waals surface area contributed by atoms with Crippen LogP contribution < -0.4 is 15.7 Å². The van der Waals surface area contributed by atoms with Gasteiger partial charge in [-0.2, -0.15) is 4.68 Å². The number of nitrogens with zero attached hydrogens (tertiary/aromatic N) is 3. The van der Waals surface area contributed by atoms with Crippen molar-refractivity contribution in [2.24, 2.45) is 13.0 Å². The SMILES string of the molecule is CC(C)C[C@H](C)Oc1cc(-n2nc(C(C)C)n(C)c2=O)c(F)cc1C(=O)NC1CCCCC1. The molecule has 33 heavy (non-hydrogen) atoms. The molecule has 1 aromatic carbocycles. The molecule has 7 nitrogen and oxygen atoms in total. The van der Waals surface area contributed by atoms with Crippen LogP contribution in [0.4, 0.5) is 4.39 Å². The summed E-state index contributed by atoms with van der Waals surface area (Å²) in [5, 5.41) is 7.39. The molecule has 1 aliphatic carbocycles. The Hall–Kier alpha value is -2.64. The van der Waals surface area contributed by atoms with Crippen LogP contribution in [0.15, 0.2) is 16.9 Å². The fourth-order valence-electron chi connectivity index (χ4n) is 4.53. The van der Waals surface area contributed by atoms with Crippen molar-refractivity contribution in [1.82, 2.24) is 19.7 Å². The summed E-state index contributed by atoms with van der Waals surface area (Å²) in [6.07, 6.45) is 5.77. The smallest absolute Gasteiger partial charge is 0.350 e. The van der Waals surface area contributed by atoms with E-state index >= 15 is 4.39 Å². The van der Waals surface area contributed by atoms with Crippen molar-refractivity contribution in [2.45, 2.75) is 91.2 Å². The van der Waals surface area contributed by atoms with Crippen LogP contribution in [0.25, 0.3) is 5.69 Å². The van der Waals surface area contributed by atoms with E-state index in [9.17, 15) is 9.59 Å². The first-order chi connectivity index (χ1) is 15.6. The zero-order valence-corrected chi connectivity index (χ0v) is 20.7. The van der Waals surface area contributed by atoms with Gasteiger partial charge < -0.3 is 10.1 Å². The number of hydrogen-bond acceptors (Lipinski definition) is 4. The molecule has 1 aromatic heterocycles. The van der Waals surface area contributed by atoms with Gasteiger partial charge in [0.25, 0.3) is 5.91 Å². The Morgan fingerprint density at radius 2 is 1.85 bits per heavy atom. The Kier molecular flexibility index (Phi) is 7.97. The Morgan fingerprint density at radius 3 is 2.42 bits per heavy atom. The normalized spacial score (nSPS) is 15.8. The molecule has 0 bridgehead atoms. The number of nitrogens with one attached hydrogen (secondary N) is 1. The van der Waals surface area contributed by atoms with Crippen molar-refractivity contribution < 1.29 is 13.9 Å². The van der Waals surface area contributed by atoms with Gasteiger partial charge >= 0.3 is 5.69 Å². The molecule has 1 fully saturated rings. The van der Waals surface area contributed by atoms with Gasteiger partial charge in [-0.05, 0) is 38.2 Å². The zero-order valence-electron chi connectivity index (χ0n) is 20.7. The highest BCUT2D eigenvalue weighted by molar-refractivity contribution is 5.97. The van der Waals surface area contributed by atoms with Gasteiger partial charge in [-0.3, -0.25) is 9.36 Å². The molecule has 1 atom stereocenters. The quantitative estimate of drug-likeness (QED) is 0.619. The first-order valence-corrected chi connectivity index (χ1v) is 12.1. The van der Waals surface area contributed by atoms with E-state index in [1.807, 2.05) is 20.8 Å². The lowest BCUT2D eigenvalue weighted by Gasteiger charge is -2.24. The summed E-state index contributed by atoms with van der Waals surface area (Å²) < 4.78 is 23.9. The van der Waals surface area contributed by atoms with Crippen LogP contribution in [-0.2, 0) is 7.05 Å². The van der Waals surface area contributed by atoms with Gasteiger partial charge in [0.15, 0.2) is 0 Å². The minimum absolute atomic E-state index is 0.00524. The number of aromatic nitrogens is 3. The summed E-state index contributed by atoms with van der Waals surface area (Å²) in [7, 11) is 1.62. The monoisotopic (exact) mass is 460 g/mol. The number of halogens is 1. The largest absolute Gasteiger partial charge is 0.490 e. The topological polar surface area (TPSA) is 78.2 Å². The number of rotatable bonds is 8. The fraction of sp³-hybridized carbons (Fsp3) is 0.640. The second kappa shape index (κ2) is 10.5. The van der Waals surface area contributed by atoms with Crippen molar-refractivity contribution in [3.63, 3.8) is 0 Å². The van der Waals surface area contributed by atoms with E-state index in [2.05, 4.69) is 24.3 Å². The molecule has 1 aliphatic rings. The molecule has 0 spiro atoms. The number of carbonyl (C=O) groups is 1. The number of benzene rings is 1. The van der Waals surface area contributed by atoms with E-state index in [4.69, 9.17) is 4.74 Å². The molecule has 0 radical (unpaired) electrons. The van der Waals surface area contributed by atoms with Gasteiger partial charge in [-0.15, -0.1) is 5.10 Å². The molecule has 1 heterocycles. The number of carbonyl (C=O) groups excluding carboxylic acids is 1. The second-order valence-corrected chi connectivity index (χ2v) is 9.93. The first-order valence-electron chi connectivity index (χ1n) is 12.1. The third kappa shape index (κ3) is 5.84. The third-order valence-corrected chi connectivity index (χ3v) is 6.12. The molecule has 1 amide bonds. The highest BCUT2D eigenvalue weighted by Gasteiger charge is 2.25. The summed E-state index contributed by atoms with van der Waals surface area (Å²) in [4.78, 5) is 25.9. The maximum atomic E-state index is 15.3. The number of hydrogen-bond donors (Lipinski definition) is 1. The van der Waals surface area contributed by atoms with Gasteiger partial charge in [-0.25, -0.2) is 9.18 Å². The van der Waals surface area contributed by atoms with Crippen LogP contribution in [0.3, 0.4) is 0 Å². The molecule has 182 valence electrons. The van der Waals surface area contributed by atoms with Crippen LogP contribution in [0.2, 0.25) is 0 Å². The van der Waals surface area contributed by atoms with Gasteiger partial charge in [0, 0.05) is 25.1 Å². The van der Waals surface area contributed by atoms with E-state index in [1.165, 1.54) is 23.1 Å². The Labute approximate surface area is 195 Å². The molecule has 2 aromatic rings. The maximum Gasteiger partial charge on any atom is 0.350 e. The molecular formula is C25H37FN4O3. The lowest BCUT2D eigenvalue weighted by Crippen LogP contribution is -2.36. The average molecular weight is 461 g/mol. The predicted octanol–water partition coefficient (Wildman–Crippen LogP) is 4.71.